The summed E-state index contributed by atoms with van der Waals surface area (Å²) in [5.41, 5.74) is -2.55. The summed E-state index contributed by atoms with van der Waals surface area (Å²) in [4.78, 5) is 0. The molecule has 0 heterocycles. The Balaban J connectivity index is 4.52. The molecule has 0 radical (unpaired) electrons. The number of hydrogen-bond donors (Lipinski definition) is 0. The van der Waals surface area contributed by atoms with Crippen molar-refractivity contribution in [3.63, 3.8) is 0 Å². The molecule has 0 bridgehead atoms. The second kappa shape index (κ2) is 8.95. The lowest BCUT2D eigenvalue weighted by Crippen LogP contribution is -2.07. The molecule has 0 rings (SSSR count). The van der Waals surface area contributed by atoms with E-state index in [9.17, 15) is 8.42 Å². The molecule has 108 valence electrons. The van der Waals surface area contributed by atoms with Gasteiger partial charge < -0.3 is 9.05 Å². The summed E-state index contributed by atoms with van der Waals surface area (Å²) < 4.78 is 34.2. The Morgan fingerprint density at radius 1 is 1.39 bits per heavy atom. The van der Waals surface area contributed by atoms with E-state index in [0.29, 0.717) is 18.2 Å². The van der Waals surface area contributed by atoms with Crippen LogP contribution < -0.4 is 0 Å². The lowest BCUT2D eigenvalue weighted by molar-refractivity contribution is 0.280. The predicted molar refractivity (Wildman–Crippen MR) is 83.4 cm³/mol. The Hall–Kier alpha value is 0.900. The first-order valence-electron chi connectivity index (χ1n) is 5.31. The fourth-order valence-electron chi connectivity index (χ4n) is 0.863. The van der Waals surface area contributed by atoms with Gasteiger partial charge in [-0.15, -0.1) is 0 Å². The molecule has 0 aliphatic rings. The monoisotopic (exact) mass is 352 g/mol. The van der Waals surface area contributed by atoms with Crippen molar-refractivity contribution >= 4 is 50.3 Å². The highest BCUT2D eigenvalue weighted by Gasteiger charge is 2.22. The highest BCUT2D eigenvalue weighted by Crippen LogP contribution is 2.61. The van der Waals surface area contributed by atoms with Gasteiger partial charge in [-0.2, -0.15) is 0 Å². The van der Waals surface area contributed by atoms with E-state index < -0.39 is 15.5 Å². The molecule has 18 heavy (non-hydrogen) atoms. The number of halogens is 1. The Morgan fingerprint density at radius 3 is 2.28 bits per heavy atom. The Bertz CT molecular complexity index is 408. The molecule has 0 aliphatic heterocycles. The fourth-order valence-corrected chi connectivity index (χ4v) is 9.42. The van der Waals surface area contributed by atoms with Crippen molar-refractivity contribution in [3.05, 3.63) is 11.1 Å². The lowest BCUT2D eigenvalue weighted by Gasteiger charge is -2.19. The van der Waals surface area contributed by atoms with Crippen LogP contribution in [0.3, 0.4) is 0 Å². The third-order valence-corrected chi connectivity index (χ3v) is 9.85. The lowest BCUT2D eigenvalue weighted by atomic mass is 10.6. The van der Waals surface area contributed by atoms with E-state index in [1.165, 1.54) is 6.08 Å². The zero-order valence-corrected chi connectivity index (χ0v) is 14.7. The maximum atomic E-state index is 11.7. The zero-order chi connectivity index (χ0) is 14.2. The van der Waals surface area contributed by atoms with Crippen LogP contribution in [0, 0.1) is 0 Å². The van der Waals surface area contributed by atoms with Crippen LogP contribution in [0.2, 0.25) is 0 Å². The molecular formula is C9H18ClO4PS3. The molecule has 0 spiro atoms. The summed E-state index contributed by atoms with van der Waals surface area (Å²) in [7, 11) is -3.24. The largest absolute Gasteiger partial charge is 0.322 e. The Kier molecular flexibility index (Phi) is 9.40. The standard InChI is InChI=1S/C9H18ClO4PS3/c1-4-13-15(16,14-5-2)17-8-18(11,12)7-6-9(3)10/h6H,4-5,7-8H2,1-3H3. The summed E-state index contributed by atoms with van der Waals surface area (Å²) >= 11 is 11.9. The average Bonchev–Trinajstić information content (AvgIpc) is 2.25. The normalized spacial score (nSPS) is 13.9. The minimum Gasteiger partial charge on any atom is -0.322 e. The van der Waals surface area contributed by atoms with Gasteiger partial charge in [-0.25, -0.2) is 8.42 Å². The molecule has 0 saturated carbocycles. The number of hydrogen-bond acceptors (Lipinski definition) is 6. The van der Waals surface area contributed by atoms with E-state index in [1.54, 1.807) is 20.8 Å². The van der Waals surface area contributed by atoms with Crippen molar-refractivity contribution in [2.75, 3.05) is 24.1 Å². The molecule has 0 aromatic heterocycles. The molecule has 4 nitrogen and oxygen atoms in total. The Morgan fingerprint density at radius 2 is 1.89 bits per heavy atom. The minimum absolute atomic E-state index is 0.0943. The second-order valence-electron chi connectivity index (χ2n) is 3.23. The minimum atomic E-state index is -3.24. The van der Waals surface area contributed by atoms with Crippen LogP contribution in [0.25, 0.3) is 0 Å². The maximum Gasteiger partial charge on any atom is 0.248 e. The molecule has 0 aromatic carbocycles. The van der Waals surface area contributed by atoms with E-state index in [4.69, 9.17) is 32.5 Å². The molecule has 0 unspecified atom stereocenters. The summed E-state index contributed by atoms with van der Waals surface area (Å²) in [6.45, 7) is 6.05. The van der Waals surface area contributed by atoms with Gasteiger partial charge in [-0.1, -0.05) is 29.1 Å². The molecule has 0 aliphatic carbocycles. The van der Waals surface area contributed by atoms with Gasteiger partial charge >= 0.3 is 0 Å². The molecule has 0 amide bonds. The van der Waals surface area contributed by atoms with Gasteiger partial charge in [-0.3, -0.25) is 0 Å². The average molecular weight is 353 g/mol. The van der Waals surface area contributed by atoms with Gasteiger partial charge in [0.15, 0.2) is 9.84 Å². The van der Waals surface area contributed by atoms with Crippen LogP contribution >= 0.6 is 28.7 Å². The van der Waals surface area contributed by atoms with Gasteiger partial charge in [0.25, 0.3) is 0 Å². The highest BCUT2D eigenvalue weighted by atomic mass is 35.5. The first-order valence-corrected chi connectivity index (χ1v) is 11.7. The first kappa shape index (κ1) is 18.9. The zero-order valence-electron chi connectivity index (χ0n) is 10.6. The quantitative estimate of drug-likeness (QED) is 0.592. The molecule has 0 aromatic rings. The molecule has 0 N–H and O–H groups in total. The molecule has 0 fully saturated rings. The van der Waals surface area contributed by atoms with Crippen molar-refractivity contribution in [1.29, 1.82) is 0 Å². The van der Waals surface area contributed by atoms with Crippen molar-refractivity contribution < 1.29 is 17.5 Å². The highest BCUT2D eigenvalue weighted by molar-refractivity contribution is 8.69. The van der Waals surface area contributed by atoms with Crippen LogP contribution in [0.15, 0.2) is 11.1 Å². The van der Waals surface area contributed by atoms with Crippen molar-refractivity contribution in [2.45, 2.75) is 20.8 Å². The van der Waals surface area contributed by atoms with Crippen LogP contribution in [0.5, 0.6) is 0 Å². The van der Waals surface area contributed by atoms with Gasteiger partial charge in [-0.05, 0) is 32.6 Å². The van der Waals surface area contributed by atoms with E-state index in [2.05, 4.69) is 0 Å². The first-order chi connectivity index (χ1) is 8.24. The molecular weight excluding hydrogens is 335 g/mol. The second-order valence-corrected chi connectivity index (χ2v) is 12.6. The van der Waals surface area contributed by atoms with E-state index >= 15 is 0 Å². The van der Waals surface area contributed by atoms with Gasteiger partial charge in [0, 0.05) is 5.03 Å². The van der Waals surface area contributed by atoms with Crippen LogP contribution in [-0.4, -0.2) is 32.5 Å². The predicted octanol–water partition coefficient (Wildman–Crippen LogP) is 3.53. The maximum absolute atomic E-state index is 11.7. The third-order valence-electron chi connectivity index (χ3n) is 1.58. The SMILES string of the molecule is CCOP(=S)(OCC)SCS(=O)(=O)CC=C(C)Cl. The summed E-state index contributed by atoms with van der Waals surface area (Å²) in [5, 5.41) is 0.336. The molecule has 0 atom stereocenters. The van der Waals surface area contributed by atoms with Gasteiger partial charge in [0.05, 0.1) is 19.0 Å². The summed E-state index contributed by atoms with van der Waals surface area (Å²) in [6, 6.07) is 0. The summed E-state index contributed by atoms with van der Waals surface area (Å²) in [6.07, 6.45) is 1.46. The molecule has 0 saturated heterocycles. The van der Waals surface area contributed by atoms with E-state index in [0.717, 1.165) is 11.4 Å². The smallest absolute Gasteiger partial charge is 0.248 e. The van der Waals surface area contributed by atoms with Crippen molar-refractivity contribution in [2.24, 2.45) is 0 Å². The fraction of sp³-hybridized carbons (Fsp3) is 0.778. The van der Waals surface area contributed by atoms with Crippen LogP contribution in [0.4, 0.5) is 0 Å². The van der Waals surface area contributed by atoms with E-state index in [1.807, 2.05) is 0 Å². The van der Waals surface area contributed by atoms with Crippen LogP contribution in [0.1, 0.15) is 20.8 Å². The number of allylic oxidation sites excluding steroid dienone is 1. The van der Waals surface area contributed by atoms with Crippen LogP contribution in [-0.2, 0) is 30.7 Å². The number of sulfone groups is 1. The third kappa shape index (κ3) is 8.91. The summed E-state index contributed by atoms with van der Waals surface area (Å²) in [5.74, 6) is -0.0943. The van der Waals surface area contributed by atoms with Crippen molar-refractivity contribution in [3.8, 4) is 0 Å². The van der Waals surface area contributed by atoms with E-state index in [-0.39, 0.29) is 10.8 Å². The Labute approximate surface area is 123 Å². The molecule has 9 heteroatoms. The van der Waals surface area contributed by atoms with Gasteiger partial charge in [0.1, 0.15) is 5.08 Å². The van der Waals surface area contributed by atoms with Crippen molar-refractivity contribution in [1.82, 2.24) is 0 Å². The number of rotatable bonds is 9. The van der Waals surface area contributed by atoms with Gasteiger partial charge in [0.2, 0.25) is 5.69 Å². The topological polar surface area (TPSA) is 52.6 Å².